The number of furan rings is 2. The molecule has 0 radical (unpaired) electrons. The first-order valence-corrected chi connectivity index (χ1v) is 18.8. The number of hydrogen-bond acceptors (Lipinski definition) is 5. The summed E-state index contributed by atoms with van der Waals surface area (Å²) in [5, 5.41) is 10.0. The van der Waals surface area contributed by atoms with Crippen LogP contribution in [0.1, 0.15) is 30.9 Å². The molecule has 0 spiro atoms. The maximum Gasteiger partial charge on any atom is 0.164 e. The number of fused-ring (bicyclic) bond motifs is 7. The van der Waals surface area contributed by atoms with E-state index in [1.165, 1.54) is 10.9 Å². The van der Waals surface area contributed by atoms with Gasteiger partial charge < -0.3 is 13.4 Å². The summed E-state index contributed by atoms with van der Waals surface area (Å²) in [5.41, 5.74) is 10.3. The van der Waals surface area contributed by atoms with E-state index in [1.807, 2.05) is 62.4 Å². The van der Waals surface area contributed by atoms with Gasteiger partial charge in [-0.25, -0.2) is 15.0 Å². The lowest BCUT2D eigenvalue weighted by Crippen LogP contribution is -2.03. The van der Waals surface area contributed by atoms with E-state index < -0.39 is 0 Å². The van der Waals surface area contributed by atoms with Gasteiger partial charge in [-0.05, 0) is 90.4 Å². The Kier molecular flexibility index (Phi) is 6.95. The van der Waals surface area contributed by atoms with E-state index in [0.29, 0.717) is 17.5 Å². The van der Waals surface area contributed by atoms with Crippen LogP contribution in [0, 0.1) is 6.92 Å². The third-order valence-corrected chi connectivity index (χ3v) is 11.2. The molecule has 0 saturated heterocycles. The Balaban J connectivity index is 1.13. The zero-order valence-corrected chi connectivity index (χ0v) is 31.1. The monoisotopic (exact) mass is 722 g/mol. The normalized spacial score (nSPS) is 12.7. The molecule has 4 heterocycles. The van der Waals surface area contributed by atoms with Gasteiger partial charge in [-0.2, -0.15) is 0 Å². The van der Waals surface area contributed by atoms with Crippen molar-refractivity contribution < 1.29 is 8.83 Å². The van der Waals surface area contributed by atoms with Gasteiger partial charge in [0.05, 0.1) is 5.52 Å². The second-order valence-electron chi connectivity index (χ2n) is 14.5. The van der Waals surface area contributed by atoms with Gasteiger partial charge >= 0.3 is 0 Å². The number of aromatic nitrogens is 4. The molecule has 4 aromatic heterocycles. The van der Waals surface area contributed by atoms with Crippen LogP contribution in [0.3, 0.4) is 0 Å². The molecule has 11 aromatic rings. The zero-order chi connectivity index (χ0) is 37.7. The van der Waals surface area contributed by atoms with Gasteiger partial charge in [0, 0.05) is 55.0 Å². The summed E-state index contributed by atoms with van der Waals surface area (Å²) in [4.78, 5) is 15.4. The van der Waals surface area contributed by atoms with Crippen molar-refractivity contribution >= 4 is 93.7 Å². The fourth-order valence-electron chi connectivity index (χ4n) is 8.73. The highest BCUT2D eigenvalue weighted by molar-refractivity contribution is 6.34. The fourth-order valence-corrected chi connectivity index (χ4v) is 8.73. The highest BCUT2D eigenvalue weighted by Crippen LogP contribution is 2.45. The van der Waals surface area contributed by atoms with E-state index in [4.69, 9.17) is 23.8 Å². The number of benzene rings is 7. The van der Waals surface area contributed by atoms with Gasteiger partial charge in [0.15, 0.2) is 17.5 Å². The Labute approximate surface area is 321 Å². The lowest BCUT2D eigenvalue weighted by Gasteiger charge is -2.12. The van der Waals surface area contributed by atoms with Gasteiger partial charge in [0.25, 0.3) is 0 Å². The summed E-state index contributed by atoms with van der Waals surface area (Å²) in [6.45, 7) is 10.8. The summed E-state index contributed by atoms with van der Waals surface area (Å²) in [7, 11) is 0. The quantitative estimate of drug-likeness (QED) is 0.126. The predicted octanol–water partition coefficient (Wildman–Crippen LogP) is 13.6. The SMILES string of the molecule is C=C(/C=C(\C)c1nc(-c2ccccc2)nc(-c2cccc3oc4cc5c(cc4c23)c2cccc3oc4cccc5c4c32)n1)n1c(C)c(/C=C\C)c2ccccc21. The zero-order valence-electron chi connectivity index (χ0n) is 31.1. The molecule has 11 rings (SSSR count). The van der Waals surface area contributed by atoms with E-state index in [0.717, 1.165) is 99.0 Å². The topological polar surface area (TPSA) is 69.9 Å². The maximum atomic E-state index is 6.65. The van der Waals surface area contributed by atoms with Crippen LogP contribution in [0.2, 0.25) is 0 Å². The van der Waals surface area contributed by atoms with Crippen molar-refractivity contribution in [2.75, 3.05) is 0 Å². The molecule has 0 aliphatic carbocycles. The molecule has 0 fully saturated rings. The molecule has 0 aliphatic rings. The Morgan fingerprint density at radius 1 is 0.607 bits per heavy atom. The predicted molar refractivity (Wildman–Crippen MR) is 232 cm³/mol. The lowest BCUT2D eigenvalue weighted by molar-refractivity contribution is 0.669. The minimum atomic E-state index is 0.570. The lowest BCUT2D eigenvalue weighted by atomic mass is 9.93. The van der Waals surface area contributed by atoms with Crippen LogP contribution < -0.4 is 0 Å². The fraction of sp³-hybridized carbons (Fsp3) is 0.0600. The van der Waals surface area contributed by atoms with Gasteiger partial charge in [-0.15, -0.1) is 0 Å². The Hall–Kier alpha value is -7.31. The summed E-state index contributed by atoms with van der Waals surface area (Å²) in [5.74, 6) is 1.74. The van der Waals surface area contributed by atoms with Gasteiger partial charge in [-0.1, -0.05) is 104 Å². The first kappa shape index (κ1) is 32.1. The van der Waals surface area contributed by atoms with E-state index in [9.17, 15) is 0 Å². The molecule has 0 bridgehead atoms. The van der Waals surface area contributed by atoms with E-state index in [1.54, 1.807) is 0 Å². The van der Waals surface area contributed by atoms with Gasteiger partial charge in [0.2, 0.25) is 0 Å². The number of nitrogens with zero attached hydrogens (tertiary/aromatic N) is 4. The van der Waals surface area contributed by atoms with Crippen molar-refractivity contribution in [2.45, 2.75) is 20.8 Å². The average Bonchev–Trinajstić information content (AvgIpc) is 3.89. The molecule has 6 heteroatoms. The van der Waals surface area contributed by atoms with Crippen LogP contribution in [-0.2, 0) is 0 Å². The largest absolute Gasteiger partial charge is 0.456 e. The Morgan fingerprint density at radius 3 is 1.98 bits per heavy atom. The highest BCUT2D eigenvalue weighted by Gasteiger charge is 2.22. The molecule has 7 aromatic carbocycles. The molecule has 0 N–H and O–H groups in total. The van der Waals surface area contributed by atoms with Crippen molar-refractivity contribution in [2.24, 2.45) is 0 Å². The smallest absolute Gasteiger partial charge is 0.164 e. The molecule has 266 valence electrons. The van der Waals surface area contributed by atoms with E-state index in [2.05, 4.69) is 109 Å². The van der Waals surface area contributed by atoms with Crippen molar-refractivity contribution in [1.29, 1.82) is 0 Å². The Morgan fingerprint density at radius 2 is 1.23 bits per heavy atom. The van der Waals surface area contributed by atoms with Crippen molar-refractivity contribution in [3.05, 3.63) is 157 Å². The minimum Gasteiger partial charge on any atom is -0.456 e. The number of para-hydroxylation sites is 1. The van der Waals surface area contributed by atoms with Crippen molar-refractivity contribution in [3.8, 4) is 22.8 Å². The molecule has 0 saturated carbocycles. The molecule has 0 unspecified atom stereocenters. The number of rotatable bonds is 6. The van der Waals surface area contributed by atoms with Crippen molar-refractivity contribution in [1.82, 2.24) is 19.5 Å². The molecule has 56 heavy (non-hydrogen) atoms. The second kappa shape index (κ2) is 12.1. The molecular formula is C50H34N4O2. The maximum absolute atomic E-state index is 6.65. The van der Waals surface area contributed by atoms with Crippen LogP contribution >= 0.6 is 0 Å². The van der Waals surface area contributed by atoms with Gasteiger partial charge in [-0.3, -0.25) is 0 Å². The number of hydrogen-bond donors (Lipinski definition) is 0. The standard InChI is InChI=1S/C50H34N4O2/c1-5-14-32-30(4)54(40-21-10-9-17-33(32)40)29(3)25-28(2)48-51-49(31-15-7-6-8-16-31)53-50(52-48)36-20-13-22-41-45(36)39-26-37-34-18-11-23-42-46(34)47-35(19-12-24-43(47)55-42)38(37)27-44(39)56-41/h5-27H,3H2,1-2,4H3/b14-5-,28-25+. The van der Waals surface area contributed by atoms with Crippen LogP contribution in [0.25, 0.3) is 116 Å². The summed E-state index contributed by atoms with van der Waals surface area (Å²) >= 11 is 0. The Bertz CT molecular complexity index is 3470. The number of allylic oxidation sites excluding steroid dienone is 4. The van der Waals surface area contributed by atoms with E-state index in [-0.39, 0.29) is 0 Å². The molecule has 6 nitrogen and oxygen atoms in total. The molecule has 0 atom stereocenters. The van der Waals surface area contributed by atoms with Crippen LogP contribution in [-0.4, -0.2) is 19.5 Å². The van der Waals surface area contributed by atoms with Crippen LogP contribution in [0.15, 0.2) is 149 Å². The first-order chi connectivity index (χ1) is 27.5. The minimum absolute atomic E-state index is 0.570. The van der Waals surface area contributed by atoms with Crippen LogP contribution in [0.5, 0.6) is 0 Å². The molecule has 0 aliphatic heterocycles. The van der Waals surface area contributed by atoms with E-state index >= 15 is 0 Å². The molecule has 0 amide bonds. The third kappa shape index (κ3) is 4.66. The average molecular weight is 723 g/mol. The summed E-state index contributed by atoms with van der Waals surface area (Å²) < 4.78 is 15.2. The van der Waals surface area contributed by atoms with Crippen LogP contribution in [0.4, 0.5) is 0 Å². The first-order valence-electron chi connectivity index (χ1n) is 18.8. The van der Waals surface area contributed by atoms with Crippen molar-refractivity contribution in [3.63, 3.8) is 0 Å². The molecular weight excluding hydrogens is 689 g/mol. The third-order valence-electron chi connectivity index (χ3n) is 11.2. The second-order valence-corrected chi connectivity index (χ2v) is 14.5. The highest BCUT2D eigenvalue weighted by atomic mass is 16.3. The summed E-state index contributed by atoms with van der Waals surface area (Å²) in [6.07, 6.45) is 6.31. The summed E-state index contributed by atoms with van der Waals surface area (Å²) in [6, 6.07) is 41.7. The van der Waals surface area contributed by atoms with Gasteiger partial charge in [0.1, 0.15) is 22.3 Å².